The van der Waals surface area contributed by atoms with Gasteiger partial charge in [0.25, 0.3) is 0 Å². The van der Waals surface area contributed by atoms with E-state index in [0.29, 0.717) is 12.4 Å². The van der Waals surface area contributed by atoms with Gasteiger partial charge in [0.15, 0.2) is 0 Å². The molecule has 3 N–H and O–H groups in total. The summed E-state index contributed by atoms with van der Waals surface area (Å²) in [7, 11) is -3.39. The molecule has 1 saturated carbocycles. The van der Waals surface area contributed by atoms with Crippen LogP contribution in [0.1, 0.15) is 26.7 Å². The number of hydrogen-bond donors (Lipinski definition) is 2. The van der Waals surface area contributed by atoms with Crippen LogP contribution in [-0.4, -0.2) is 26.6 Å². The van der Waals surface area contributed by atoms with Crippen LogP contribution < -0.4 is 15.2 Å². The Morgan fingerprint density at radius 1 is 1.32 bits per heavy atom. The Morgan fingerprint density at radius 2 is 1.89 bits per heavy atom. The smallest absolute Gasteiger partial charge is 0.240 e. The minimum Gasteiger partial charge on any atom is -0.492 e. The first-order chi connectivity index (χ1) is 8.76. The molecule has 0 aromatic heterocycles. The Kier molecular flexibility index (Phi) is 3.85. The fraction of sp³-hybridized carbons (Fsp3) is 0.538. The Bertz CT molecular complexity index is 528. The molecule has 0 amide bonds. The summed E-state index contributed by atoms with van der Waals surface area (Å²) in [4.78, 5) is 0.263. The SMILES string of the molecule is CC(C)(N)COc1ccc(S(=O)(=O)NC2CC2)cc1. The van der Waals surface area contributed by atoms with Gasteiger partial charge in [-0.2, -0.15) is 0 Å². The molecular formula is C13H20N2O3S. The summed E-state index contributed by atoms with van der Waals surface area (Å²) >= 11 is 0. The number of nitrogens with two attached hydrogens (primary N) is 1. The zero-order valence-electron chi connectivity index (χ0n) is 11.2. The zero-order chi connectivity index (χ0) is 14.1. The fourth-order valence-electron chi connectivity index (χ4n) is 1.47. The Hall–Kier alpha value is -1.11. The highest BCUT2D eigenvalue weighted by atomic mass is 32.2. The molecule has 0 unspecified atom stereocenters. The van der Waals surface area contributed by atoms with Crippen LogP contribution in [0.25, 0.3) is 0 Å². The normalized spacial score (nSPS) is 16.4. The summed E-state index contributed by atoms with van der Waals surface area (Å²) in [6.07, 6.45) is 1.85. The maximum Gasteiger partial charge on any atom is 0.240 e. The molecule has 0 radical (unpaired) electrons. The number of rotatable bonds is 6. The van der Waals surface area contributed by atoms with Gasteiger partial charge >= 0.3 is 0 Å². The molecule has 0 atom stereocenters. The van der Waals surface area contributed by atoms with E-state index in [4.69, 9.17) is 10.5 Å². The average Bonchev–Trinajstić information content (AvgIpc) is 3.09. The van der Waals surface area contributed by atoms with Gasteiger partial charge in [0, 0.05) is 11.6 Å². The number of hydrogen-bond acceptors (Lipinski definition) is 4. The summed E-state index contributed by atoms with van der Waals surface area (Å²) in [5.74, 6) is 0.615. The monoisotopic (exact) mass is 284 g/mol. The third kappa shape index (κ3) is 4.49. The average molecular weight is 284 g/mol. The van der Waals surface area contributed by atoms with E-state index < -0.39 is 15.6 Å². The predicted molar refractivity (Wildman–Crippen MR) is 73.5 cm³/mol. The summed E-state index contributed by atoms with van der Waals surface area (Å²) in [6, 6.07) is 6.49. The summed E-state index contributed by atoms with van der Waals surface area (Å²) < 4.78 is 32.0. The van der Waals surface area contributed by atoms with Crippen LogP contribution in [0.4, 0.5) is 0 Å². The molecule has 1 aromatic carbocycles. The first kappa shape index (κ1) is 14.3. The van der Waals surface area contributed by atoms with Crippen LogP contribution in [-0.2, 0) is 10.0 Å². The summed E-state index contributed by atoms with van der Waals surface area (Å²) in [5, 5.41) is 0. The van der Waals surface area contributed by atoms with Crippen molar-refractivity contribution < 1.29 is 13.2 Å². The Balaban J connectivity index is 2.01. The lowest BCUT2D eigenvalue weighted by atomic mass is 10.1. The van der Waals surface area contributed by atoms with Crippen molar-refractivity contribution in [3.05, 3.63) is 24.3 Å². The lowest BCUT2D eigenvalue weighted by molar-refractivity contribution is 0.243. The molecule has 19 heavy (non-hydrogen) atoms. The molecule has 6 heteroatoms. The highest BCUT2D eigenvalue weighted by molar-refractivity contribution is 7.89. The molecule has 0 heterocycles. The molecule has 1 aromatic rings. The van der Waals surface area contributed by atoms with E-state index in [1.54, 1.807) is 24.3 Å². The first-order valence-corrected chi connectivity index (χ1v) is 7.79. The van der Waals surface area contributed by atoms with Crippen LogP contribution in [0, 0.1) is 0 Å². The van der Waals surface area contributed by atoms with Gasteiger partial charge in [-0.3, -0.25) is 0 Å². The van der Waals surface area contributed by atoms with E-state index in [1.165, 1.54) is 0 Å². The molecule has 0 aliphatic heterocycles. The van der Waals surface area contributed by atoms with Crippen LogP contribution in [0.5, 0.6) is 5.75 Å². The molecule has 0 saturated heterocycles. The predicted octanol–water partition coefficient (Wildman–Crippen LogP) is 1.24. The van der Waals surface area contributed by atoms with E-state index in [1.807, 2.05) is 13.8 Å². The lowest BCUT2D eigenvalue weighted by Crippen LogP contribution is -2.38. The van der Waals surface area contributed by atoms with Crippen molar-refractivity contribution in [1.29, 1.82) is 0 Å². The van der Waals surface area contributed by atoms with Gasteiger partial charge in [-0.15, -0.1) is 0 Å². The number of nitrogens with one attached hydrogen (secondary N) is 1. The van der Waals surface area contributed by atoms with E-state index >= 15 is 0 Å². The lowest BCUT2D eigenvalue weighted by Gasteiger charge is -2.19. The van der Waals surface area contributed by atoms with Crippen LogP contribution in [0.2, 0.25) is 0 Å². The first-order valence-electron chi connectivity index (χ1n) is 6.30. The van der Waals surface area contributed by atoms with Gasteiger partial charge in [-0.05, 0) is 51.0 Å². The molecule has 5 nitrogen and oxygen atoms in total. The fourth-order valence-corrected chi connectivity index (χ4v) is 2.78. The van der Waals surface area contributed by atoms with Gasteiger partial charge < -0.3 is 10.5 Å². The molecule has 0 spiro atoms. The maximum atomic E-state index is 11.9. The van der Waals surface area contributed by atoms with E-state index in [9.17, 15) is 8.42 Å². The molecular weight excluding hydrogens is 264 g/mol. The molecule has 106 valence electrons. The number of sulfonamides is 1. The number of benzene rings is 1. The highest BCUT2D eigenvalue weighted by Crippen LogP contribution is 2.23. The second-order valence-electron chi connectivity index (χ2n) is 5.64. The molecule has 1 fully saturated rings. The third-order valence-corrected chi connectivity index (χ3v) is 4.18. The van der Waals surface area contributed by atoms with Gasteiger partial charge in [-0.25, -0.2) is 13.1 Å². The minimum atomic E-state index is -3.39. The van der Waals surface area contributed by atoms with Crippen LogP contribution in [0.3, 0.4) is 0 Å². The van der Waals surface area contributed by atoms with Gasteiger partial charge in [0.2, 0.25) is 10.0 Å². The maximum absolute atomic E-state index is 11.9. The number of ether oxygens (including phenoxy) is 1. The van der Waals surface area contributed by atoms with Gasteiger partial charge in [0.1, 0.15) is 12.4 Å². The second kappa shape index (κ2) is 5.11. The van der Waals surface area contributed by atoms with Crippen molar-refractivity contribution in [2.45, 2.75) is 43.2 Å². The Labute approximate surface area is 114 Å². The van der Waals surface area contributed by atoms with Gasteiger partial charge in [0.05, 0.1) is 4.90 Å². The quantitative estimate of drug-likeness (QED) is 0.823. The summed E-state index contributed by atoms with van der Waals surface area (Å²) in [5.41, 5.74) is 5.39. The molecule has 1 aliphatic carbocycles. The van der Waals surface area contributed by atoms with Crippen LogP contribution in [0.15, 0.2) is 29.2 Å². The molecule has 1 aliphatic rings. The topological polar surface area (TPSA) is 81.4 Å². The van der Waals surface area contributed by atoms with Crippen LogP contribution >= 0.6 is 0 Å². The van der Waals surface area contributed by atoms with Crippen molar-refractivity contribution in [3.63, 3.8) is 0 Å². The standard InChI is InChI=1S/C13H20N2O3S/c1-13(2,14)9-18-11-5-7-12(8-6-11)19(16,17)15-10-3-4-10/h5-8,10,15H,3-4,9,14H2,1-2H3. The largest absolute Gasteiger partial charge is 0.492 e. The van der Waals surface area contributed by atoms with Gasteiger partial charge in [-0.1, -0.05) is 0 Å². The highest BCUT2D eigenvalue weighted by Gasteiger charge is 2.27. The zero-order valence-corrected chi connectivity index (χ0v) is 12.0. The molecule has 2 rings (SSSR count). The third-order valence-electron chi connectivity index (χ3n) is 2.64. The second-order valence-corrected chi connectivity index (χ2v) is 7.36. The Morgan fingerprint density at radius 3 is 2.37 bits per heavy atom. The van der Waals surface area contributed by atoms with E-state index in [2.05, 4.69) is 4.72 Å². The van der Waals surface area contributed by atoms with E-state index in [0.717, 1.165) is 12.8 Å². The van der Waals surface area contributed by atoms with Crippen molar-refractivity contribution in [2.75, 3.05) is 6.61 Å². The van der Waals surface area contributed by atoms with Crippen molar-refractivity contribution in [3.8, 4) is 5.75 Å². The summed E-state index contributed by atoms with van der Waals surface area (Å²) in [6.45, 7) is 4.11. The van der Waals surface area contributed by atoms with Crippen molar-refractivity contribution in [1.82, 2.24) is 4.72 Å². The van der Waals surface area contributed by atoms with Crippen molar-refractivity contribution in [2.24, 2.45) is 5.73 Å². The van der Waals surface area contributed by atoms with E-state index in [-0.39, 0.29) is 10.9 Å². The minimum absolute atomic E-state index is 0.110. The molecule has 0 bridgehead atoms. The van der Waals surface area contributed by atoms with Crippen molar-refractivity contribution >= 4 is 10.0 Å².